The molecule has 0 saturated heterocycles. The topological polar surface area (TPSA) is 70.2 Å². The summed E-state index contributed by atoms with van der Waals surface area (Å²) >= 11 is 6.14. The van der Waals surface area contributed by atoms with Crippen LogP contribution in [0.2, 0.25) is 5.02 Å². The highest BCUT2D eigenvalue weighted by atomic mass is 35.5. The summed E-state index contributed by atoms with van der Waals surface area (Å²) in [4.78, 5) is 23.8. The van der Waals surface area contributed by atoms with Gasteiger partial charge in [0.15, 0.2) is 0 Å². The van der Waals surface area contributed by atoms with Gasteiger partial charge in [0.25, 0.3) is 0 Å². The summed E-state index contributed by atoms with van der Waals surface area (Å²) in [6.07, 6.45) is 7.04. The fourth-order valence-corrected chi connectivity index (χ4v) is 4.25. The molecule has 0 unspecified atom stereocenters. The molecule has 1 fully saturated rings. The van der Waals surface area contributed by atoms with E-state index in [9.17, 15) is 4.79 Å². The first-order valence-electron chi connectivity index (χ1n) is 10.9. The standard InChI is InChI=1S/C25H28ClN5O/c1-31(2)24-20-8-4-6-10-22(20)29-25(30-24)28-19-14-12-18(13-15-19)27-23(32)16-11-17-7-3-5-9-21(17)26/h3-11,16,18-19H,12-15H2,1-2H3,(H,27,32)(H,28,29,30)/b16-11+/t18-,19+. The van der Waals surface area contributed by atoms with E-state index >= 15 is 0 Å². The Morgan fingerprint density at radius 2 is 1.69 bits per heavy atom. The number of aromatic nitrogens is 2. The van der Waals surface area contributed by atoms with Crippen molar-refractivity contribution < 1.29 is 4.79 Å². The van der Waals surface area contributed by atoms with E-state index in [0.29, 0.717) is 11.0 Å². The second-order valence-corrected chi connectivity index (χ2v) is 8.75. The Labute approximate surface area is 193 Å². The van der Waals surface area contributed by atoms with Crippen molar-refractivity contribution in [1.29, 1.82) is 0 Å². The molecule has 0 aliphatic heterocycles. The SMILES string of the molecule is CN(C)c1nc(N[C@H]2CC[C@@H](NC(=O)/C=C/c3ccccc3Cl)CC2)nc2ccccc12. The molecule has 0 spiro atoms. The van der Waals surface area contributed by atoms with Crippen molar-refractivity contribution in [2.45, 2.75) is 37.8 Å². The monoisotopic (exact) mass is 449 g/mol. The lowest BCUT2D eigenvalue weighted by Gasteiger charge is -2.29. The molecule has 6 nitrogen and oxygen atoms in total. The van der Waals surface area contributed by atoms with Gasteiger partial charge in [0.2, 0.25) is 11.9 Å². The molecule has 4 rings (SSSR count). The van der Waals surface area contributed by atoms with Gasteiger partial charge in [-0.2, -0.15) is 4.98 Å². The molecule has 32 heavy (non-hydrogen) atoms. The molecule has 1 saturated carbocycles. The van der Waals surface area contributed by atoms with Crippen molar-refractivity contribution in [1.82, 2.24) is 15.3 Å². The Bertz CT molecular complexity index is 1120. The van der Waals surface area contributed by atoms with Gasteiger partial charge < -0.3 is 15.5 Å². The van der Waals surface area contributed by atoms with Gasteiger partial charge in [-0.15, -0.1) is 0 Å². The smallest absolute Gasteiger partial charge is 0.244 e. The molecule has 2 aromatic carbocycles. The normalized spacial score (nSPS) is 18.6. The third-order valence-corrected chi connectivity index (χ3v) is 6.08. The van der Waals surface area contributed by atoms with E-state index in [0.717, 1.165) is 48.0 Å². The van der Waals surface area contributed by atoms with Crippen molar-refractivity contribution in [2.24, 2.45) is 0 Å². The summed E-state index contributed by atoms with van der Waals surface area (Å²) in [6, 6.07) is 16.0. The zero-order chi connectivity index (χ0) is 22.5. The number of rotatable bonds is 6. The van der Waals surface area contributed by atoms with Crippen LogP contribution in [0.5, 0.6) is 0 Å². The highest BCUT2D eigenvalue weighted by Crippen LogP contribution is 2.26. The Balaban J connectivity index is 1.32. The van der Waals surface area contributed by atoms with Crippen LogP contribution in [0.3, 0.4) is 0 Å². The number of nitrogens with one attached hydrogen (secondary N) is 2. The molecule has 0 radical (unpaired) electrons. The van der Waals surface area contributed by atoms with E-state index in [1.54, 1.807) is 12.2 Å². The Morgan fingerprint density at radius 1 is 1.00 bits per heavy atom. The van der Waals surface area contributed by atoms with E-state index in [2.05, 4.69) is 10.6 Å². The minimum Gasteiger partial charge on any atom is -0.362 e. The fraction of sp³-hybridized carbons (Fsp3) is 0.320. The van der Waals surface area contributed by atoms with Gasteiger partial charge in [0.05, 0.1) is 5.52 Å². The molecule has 3 aromatic rings. The molecule has 7 heteroatoms. The highest BCUT2D eigenvalue weighted by molar-refractivity contribution is 6.32. The maximum atomic E-state index is 12.3. The average Bonchev–Trinajstić information content (AvgIpc) is 2.79. The maximum absolute atomic E-state index is 12.3. The van der Waals surface area contributed by atoms with Gasteiger partial charge in [-0.25, -0.2) is 4.98 Å². The molecule has 2 N–H and O–H groups in total. The Morgan fingerprint density at radius 3 is 2.44 bits per heavy atom. The number of carbonyl (C=O) groups is 1. The van der Waals surface area contributed by atoms with Crippen molar-refractivity contribution >= 4 is 46.3 Å². The first-order chi connectivity index (χ1) is 15.5. The van der Waals surface area contributed by atoms with Gasteiger partial charge in [0.1, 0.15) is 5.82 Å². The first-order valence-corrected chi connectivity index (χ1v) is 11.3. The summed E-state index contributed by atoms with van der Waals surface area (Å²) < 4.78 is 0. The summed E-state index contributed by atoms with van der Waals surface area (Å²) in [7, 11) is 3.99. The zero-order valence-electron chi connectivity index (χ0n) is 18.4. The molecule has 1 aliphatic rings. The summed E-state index contributed by atoms with van der Waals surface area (Å²) in [6.45, 7) is 0. The van der Waals surface area contributed by atoms with Crippen LogP contribution in [0.1, 0.15) is 31.2 Å². The van der Waals surface area contributed by atoms with Gasteiger partial charge in [-0.1, -0.05) is 41.9 Å². The van der Waals surface area contributed by atoms with Crippen LogP contribution >= 0.6 is 11.6 Å². The number of amides is 1. The third kappa shape index (κ3) is 5.37. The molecule has 1 aromatic heterocycles. The van der Waals surface area contributed by atoms with Crippen molar-refractivity contribution in [3.05, 3.63) is 65.2 Å². The number of hydrogen-bond donors (Lipinski definition) is 2. The fourth-order valence-electron chi connectivity index (χ4n) is 4.05. The molecule has 1 amide bonds. The molecule has 0 bridgehead atoms. The first kappa shape index (κ1) is 22.1. The van der Waals surface area contributed by atoms with E-state index in [1.807, 2.05) is 67.5 Å². The van der Waals surface area contributed by atoms with Crippen molar-refractivity contribution in [2.75, 3.05) is 24.3 Å². The molecular formula is C25H28ClN5O. The van der Waals surface area contributed by atoms with Gasteiger partial charge >= 0.3 is 0 Å². The van der Waals surface area contributed by atoms with Gasteiger partial charge in [-0.3, -0.25) is 4.79 Å². The quantitative estimate of drug-likeness (QED) is 0.523. The van der Waals surface area contributed by atoms with Crippen LogP contribution in [0.4, 0.5) is 11.8 Å². The predicted molar refractivity (Wildman–Crippen MR) is 132 cm³/mol. The number of benzene rings is 2. The number of carbonyl (C=O) groups excluding carboxylic acids is 1. The van der Waals surface area contributed by atoms with E-state index in [-0.39, 0.29) is 18.0 Å². The van der Waals surface area contributed by atoms with E-state index < -0.39 is 0 Å². The summed E-state index contributed by atoms with van der Waals surface area (Å²) in [5, 5.41) is 8.29. The molecule has 166 valence electrons. The predicted octanol–water partition coefficient (Wildman–Crippen LogP) is 4.90. The van der Waals surface area contributed by atoms with Crippen molar-refractivity contribution in [3.63, 3.8) is 0 Å². The average molecular weight is 450 g/mol. The van der Waals surface area contributed by atoms with Crippen LogP contribution in [0.15, 0.2) is 54.6 Å². The number of nitrogens with zero attached hydrogens (tertiary/aromatic N) is 3. The molecule has 1 aliphatic carbocycles. The second kappa shape index (κ2) is 10.0. The van der Waals surface area contributed by atoms with Gasteiger partial charge in [0, 0.05) is 42.7 Å². The van der Waals surface area contributed by atoms with Crippen LogP contribution in [-0.2, 0) is 4.79 Å². The van der Waals surface area contributed by atoms with Crippen LogP contribution in [-0.4, -0.2) is 42.1 Å². The van der Waals surface area contributed by atoms with E-state index in [1.165, 1.54) is 0 Å². The Kier molecular flexibility index (Phi) is 6.90. The van der Waals surface area contributed by atoms with Gasteiger partial charge in [-0.05, 0) is 55.5 Å². The molecule has 1 heterocycles. The zero-order valence-corrected chi connectivity index (χ0v) is 19.1. The minimum atomic E-state index is -0.0881. The maximum Gasteiger partial charge on any atom is 0.244 e. The number of hydrogen-bond acceptors (Lipinski definition) is 5. The van der Waals surface area contributed by atoms with E-state index in [4.69, 9.17) is 21.6 Å². The van der Waals surface area contributed by atoms with Crippen molar-refractivity contribution in [3.8, 4) is 0 Å². The molecule has 0 atom stereocenters. The van der Waals surface area contributed by atoms with Crippen LogP contribution in [0, 0.1) is 0 Å². The number of para-hydroxylation sites is 1. The summed E-state index contributed by atoms with van der Waals surface area (Å²) in [5.74, 6) is 1.47. The lowest BCUT2D eigenvalue weighted by atomic mass is 9.91. The van der Waals surface area contributed by atoms with Crippen LogP contribution < -0.4 is 15.5 Å². The Hall–Kier alpha value is -3.12. The highest BCUT2D eigenvalue weighted by Gasteiger charge is 2.23. The largest absolute Gasteiger partial charge is 0.362 e. The minimum absolute atomic E-state index is 0.0881. The molecular weight excluding hydrogens is 422 g/mol. The number of fused-ring (bicyclic) bond motifs is 1. The summed E-state index contributed by atoms with van der Waals surface area (Å²) in [5.41, 5.74) is 1.77. The lowest BCUT2D eigenvalue weighted by molar-refractivity contribution is -0.117. The lowest BCUT2D eigenvalue weighted by Crippen LogP contribution is -2.39. The second-order valence-electron chi connectivity index (χ2n) is 8.34. The number of anilines is 2. The third-order valence-electron chi connectivity index (χ3n) is 5.73. The number of halogens is 1. The van der Waals surface area contributed by atoms with Crippen LogP contribution in [0.25, 0.3) is 17.0 Å².